The fraction of sp³-hybridized carbons (Fsp3) is 0.400. The number of benzene rings is 1. The van der Waals surface area contributed by atoms with Crippen LogP contribution in [0.15, 0.2) is 12.1 Å². The van der Waals surface area contributed by atoms with Gasteiger partial charge in [-0.3, -0.25) is 0 Å². The topological polar surface area (TPSA) is 41.5 Å². The van der Waals surface area contributed by atoms with Gasteiger partial charge >= 0.3 is 0 Å². The van der Waals surface area contributed by atoms with Crippen LogP contribution < -0.4 is 5.32 Å². The lowest BCUT2D eigenvalue weighted by molar-refractivity contribution is 0.0768. The van der Waals surface area contributed by atoms with Crippen LogP contribution in [0, 0.1) is 7.14 Å². The summed E-state index contributed by atoms with van der Waals surface area (Å²) in [4.78, 5) is 0. The SMILES string of the molecule is Oc1c(I)cc([C@H]2COCCN2)cc1I. The zero-order valence-electron chi connectivity index (χ0n) is 7.96. The molecule has 0 radical (unpaired) electrons. The summed E-state index contributed by atoms with van der Waals surface area (Å²) in [6, 6.07) is 4.26. The number of rotatable bonds is 1. The van der Waals surface area contributed by atoms with Crippen LogP contribution in [0.1, 0.15) is 11.6 Å². The molecule has 0 aliphatic carbocycles. The highest BCUT2D eigenvalue weighted by Crippen LogP contribution is 2.30. The Bertz CT molecular complexity index is 341. The highest BCUT2D eigenvalue weighted by molar-refractivity contribution is 14.1. The molecule has 5 heteroatoms. The summed E-state index contributed by atoms with van der Waals surface area (Å²) < 4.78 is 7.20. The molecular weight excluding hydrogens is 420 g/mol. The Labute approximate surface area is 116 Å². The summed E-state index contributed by atoms with van der Waals surface area (Å²) in [7, 11) is 0. The van der Waals surface area contributed by atoms with Crippen molar-refractivity contribution in [3.8, 4) is 5.75 Å². The van der Waals surface area contributed by atoms with Crippen LogP contribution in [0.5, 0.6) is 5.75 Å². The fourth-order valence-electron chi connectivity index (χ4n) is 1.57. The van der Waals surface area contributed by atoms with Crippen molar-refractivity contribution in [2.45, 2.75) is 6.04 Å². The quantitative estimate of drug-likeness (QED) is 0.671. The number of ether oxygens (including phenoxy) is 1. The number of phenolic OH excluding ortho intramolecular Hbond substituents is 1. The maximum absolute atomic E-state index is 9.66. The second-order valence-electron chi connectivity index (χ2n) is 3.41. The first-order valence-corrected chi connectivity index (χ1v) is 6.83. The lowest BCUT2D eigenvalue weighted by Gasteiger charge is -2.24. The van der Waals surface area contributed by atoms with Crippen molar-refractivity contribution in [3.05, 3.63) is 24.8 Å². The van der Waals surface area contributed by atoms with Crippen LogP contribution >= 0.6 is 45.2 Å². The Balaban J connectivity index is 2.27. The predicted molar refractivity (Wildman–Crippen MR) is 75.1 cm³/mol. The molecule has 1 heterocycles. The minimum absolute atomic E-state index is 0.251. The van der Waals surface area contributed by atoms with E-state index in [0.717, 1.165) is 20.3 Å². The molecule has 0 aromatic heterocycles. The maximum Gasteiger partial charge on any atom is 0.142 e. The molecule has 1 aliphatic heterocycles. The van der Waals surface area contributed by atoms with E-state index >= 15 is 0 Å². The predicted octanol–water partition coefficient (Wildman–Crippen LogP) is 2.26. The molecule has 1 fully saturated rings. The molecule has 0 spiro atoms. The third-order valence-electron chi connectivity index (χ3n) is 2.36. The highest BCUT2D eigenvalue weighted by atomic mass is 127. The van der Waals surface area contributed by atoms with Crippen molar-refractivity contribution >= 4 is 45.2 Å². The van der Waals surface area contributed by atoms with Crippen LogP contribution in [0.25, 0.3) is 0 Å². The van der Waals surface area contributed by atoms with Gasteiger partial charge < -0.3 is 15.2 Å². The van der Waals surface area contributed by atoms with Crippen molar-refractivity contribution in [1.82, 2.24) is 5.32 Å². The standard InChI is InChI=1S/C10H11I2NO2/c11-7-3-6(4-8(12)10(7)14)9-5-15-2-1-13-9/h3-4,9,13-14H,1-2,5H2/t9-/m1/s1. The molecule has 1 aromatic carbocycles. The lowest BCUT2D eigenvalue weighted by atomic mass is 10.1. The van der Waals surface area contributed by atoms with Crippen molar-refractivity contribution in [3.63, 3.8) is 0 Å². The van der Waals surface area contributed by atoms with Crippen LogP contribution in [-0.2, 0) is 4.74 Å². The number of morpholine rings is 1. The van der Waals surface area contributed by atoms with Gasteiger partial charge in [0, 0.05) is 6.54 Å². The Hall–Kier alpha value is 0.400. The molecule has 1 saturated heterocycles. The van der Waals surface area contributed by atoms with E-state index in [0.29, 0.717) is 12.4 Å². The van der Waals surface area contributed by atoms with E-state index < -0.39 is 0 Å². The minimum Gasteiger partial charge on any atom is -0.506 e. The Morgan fingerprint density at radius 3 is 2.53 bits per heavy atom. The molecule has 0 unspecified atom stereocenters. The summed E-state index contributed by atoms with van der Waals surface area (Å²) in [5.74, 6) is 0.372. The molecule has 82 valence electrons. The molecule has 0 amide bonds. The van der Waals surface area contributed by atoms with E-state index in [2.05, 4.69) is 50.5 Å². The van der Waals surface area contributed by atoms with Crippen molar-refractivity contribution in [2.24, 2.45) is 0 Å². The third kappa shape index (κ3) is 2.75. The van der Waals surface area contributed by atoms with E-state index in [9.17, 15) is 5.11 Å². The summed E-state index contributed by atoms with van der Waals surface area (Å²) in [5, 5.41) is 13.1. The van der Waals surface area contributed by atoms with Gasteiger partial charge in [-0.1, -0.05) is 0 Å². The molecule has 15 heavy (non-hydrogen) atoms. The first-order chi connectivity index (χ1) is 7.18. The largest absolute Gasteiger partial charge is 0.506 e. The van der Waals surface area contributed by atoms with Gasteiger partial charge in [-0.2, -0.15) is 0 Å². The molecule has 0 saturated carbocycles. The van der Waals surface area contributed by atoms with Crippen molar-refractivity contribution in [1.29, 1.82) is 0 Å². The zero-order chi connectivity index (χ0) is 10.8. The van der Waals surface area contributed by atoms with Crippen LogP contribution in [-0.4, -0.2) is 24.9 Å². The first kappa shape index (κ1) is 11.9. The van der Waals surface area contributed by atoms with Gasteiger partial charge in [-0.15, -0.1) is 0 Å². The van der Waals surface area contributed by atoms with Gasteiger partial charge in [0.05, 0.1) is 26.4 Å². The fourth-order valence-corrected chi connectivity index (χ4v) is 3.38. The normalized spacial score (nSPS) is 21.6. The van der Waals surface area contributed by atoms with E-state index in [-0.39, 0.29) is 6.04 Å². The molecule has 3 nitrogen and oxygen atoms in total. The number of aromatic hydroxyl groups is 1. The molecule has 2 rings (SSSR count). The van der Waals surface area contributed by atoms with Crippen molar-refractivity contribution < 1.29 is 9.84 Å². The van der Waals surface area contributed by atoms with E-state index in [1.807, 2.05) is 12.1 Å². The van der Waals surface area contributed by atoms with E-state index in [4.69, 9.17) is 4.74 Å². The number of halogens is 2. The zero-order valence-corrected chi connectivity index (χ0v) is 12.3. The molecular formula is C10H11I2NO2. The molecule has 1 atom stereocenters. The van der Waals surface area contributed by atoms with Gasteiger partial charge in [-0.25, -0.2) is 0 Å². The van der Waals surface area contributed by atoms with Crippen LogP contribution in [0.4, 0.5) is 0 Å². The number of nitrogens with one attached hydrogen (secondary N) is 1. The Morgan fingerprint density at radius 1 is 1.33 bits per heavy atom. The van der Waals surface area contributed by atoms with E-state index in [1.165, 1.54) is 5.56 Å². The van der Waals surface area contributed by atoms with Gasteiger partial charge in [-0.05, 0) is 62.9 Å². The second kappa shape index (κ2) is 5.15. The maximum atomic E-state index is 9.66. The monoisotopic (exact) mass is 431 g/mol. The van der Waals surface area contributed by atoms with Crippen molar-refractivity contribution in [2.75, 3.05) is 19.8 Å². The van der Waals surface area contributed by atoms with Gasteiger partial charge in [0.15, 0.2) is 0 Å². The second-order valence-corrected chi connectivity index (χ2v) is 5.74. The number of phenols is 1. The minimum atomic E-state index is 0.251. The smallest absolute Gasteiger partial charge is 0.142 e. The summed E-state index contributed by atoms with van der Waals surface area (Å²) in [5.41, 5.74) is 1.18. The molecule has 2 N–H and O–H groups in total. The third-order valence-corrected chi connectivity index (χ3v) is 4.01. The molecule has 1 aromatic rings. The van der Waals surface area contributed by atoms with Gasteiger partial charge in [0.25, 0.3) is 0 Å². The molecule has 0 bridgehead atoms. The van der Waals surface area contributed by atoms with Gasteiger partial charge in [0.2, 0.25) is 0 Å². The molecule has 1 aliphatic rings. The van der Waals surface area contributed by atoms with Gasteiger partial charge in [0.1, 0.15) is 5.75 Å². The first-order valence-electron chi connectivity index (χ1n) is 4.67. The van der Waals surface area contributed by atoms with Crippen LogP contribution in [0.3, 0.4) is 0 Å². The average Bonchev–Trinajstić information content (AvgIpc) is 2.26. The Morgan fingerprint density at radius 2 is 2.00 bits per heavy atom. The number of hydrogen-bond donors (Lipinski definition) is 2. The lowest BCUT2D eigenvalue weighted by Crippen LogP contribution is -2.34. The van der Waals surface area contributed by atoms with Crippen LogP contribution in [0.2, 0.25) is 0 Å². The summed E-state index contributed by atoms with van der Waals surface area (Å²) in [6.45, 7) is 2.37. The average molecular weight is 431 g/mol. The summed E-state index contributed by atoms with van der Waals surface area (Å²) in [6.07, 6.45) is 0. The number of hydrogen-bond acceptors (Lipinski definition) is 3. The van der Waals surface area contributed by atoms with E-state index in [1.54, 1.807) is 0 Å². The highest BCUT2D eigenvalue weighted by Gasteiger charge is 2.17. The Kier molecular flexibility index (Phi) is 4.08. The summed E-state index contributed by atoms with van der Waals surface area (Å²) >= 11 is 4.30.